The molecule has 1 saturated carbocycles. The molecule has 19 heavy (non-hydrogen) atoms. The molecule has 0 bridgehead atoms. The van der Waals surface area contributed by atoms with Crippen LogP contribution in [0.3, 0.4) is 0 Å². The van der Waals surface area contributed by atoms with Gasteiger partial charge in [-0.1, -0.05) is 20.3 Å². The molecule has 0 saturated heterocycles. The number of aromatic carboxylic acids is 1. The number of furan rings is 1. The van der Waals surface area contributed by atoms with E-state index in [1.165, 1.54) is 12.3 Å². The highest BCUT2D eigenvalue weighted by Crippen LogP contribution is 2.41. The van der Waals surface area contributed by atoms with Crippen LogP contribution in [0.1, 0.15) is 62.1 Å². The molecule has 1 aromatic rings. The summed E-state index contributed by atoms with van der Waals surface area (Å²) in [5.74, 6) is 0.376. The lowest BCUT2D eigenvalue weighted by molar-refractivity contribution is -0.00328. The van der Waals surface area contributed by atoms with Gasteiger partial charge in [0.05, 0.1) is 6.26 Å². The molecule has 1 aliphatic rings. The lowest BCUT2D eigenvalue weighted by atomic mass is 9.86. The first kappa shape index (κ1) is 14.1. The van der Waals surface area contributed by atoms with Gasteiger partial charge in [-0.05, 0) is 43.6 Å². The molecule has 1 fully saturated rings. The summed E-state index contributed by atoms with van der Waals surface area (Å²) >= 11 is 0. The topological polar surface area (TPSA) is 70.7 Å². The maximum Gasteiger partial charge on any atom is 0.339 e. The molecule has 2 rings (SSSR count). The van der Waals surface area contributed by atoms with E-state index in [-0.39, 0.29) is 11.3 Å². The monoisotopic (exact) mass is 266 g/mol. The number of rotatable bonds is 3. The summed E-state index contributed by atoms with van der Waals surface area (Å²) in [4.78, 5) is 11.2. The van der Waals surface area contributed by atoms with Gasteiger partial charge < -0.3 is 14.6 Å². The predicted molar refractivity (Wildman–Crippen MR) is 71.0 cm³/mol. The molecule has 1 aliphatic carbocycles. The normalized spacial score (nSPS) is 28.3. The lowest BCUT2D eigenvalue weighted by Gasteiger charge is -2.25. The van der Waals surface area contributed by atoms with E-state index in [4.69, 9.17) is 9.52 Å². The fourth-order valence-electron chi connectivity index (χ4n) is 3.08. The second kappa shape index (κ2) is 5.37. The summed E-state index contributed by atoms with van der Waals surface area (Å²) in [6.07, 6.45) is 5.39. The summed E-state index contributed by atoms with van der Waals surface area (Å²) in [5.41, 5.74) is -1.04. The third-order valence-corrected chi connectivity index (χ3v) is 4.36. The van der Waals surface area contributed by atoms with Crippen molar-refractivity contribution in [3.05, 3.63) is 23.7 Å². The van der Waals surface area contributed by atoms with Crippen LogP contribution in [-0.2, 0) is 5.60 Å². The Hall–Kier alpha value is -1.29. The minimum atomic E-state index is -1.12. The smallest absolute Gasteiger partial charge is 0.339 e. The van der Waals surface area contributed by atoms with E-state index in [2.05, 4.69) is 13.8 Å². The second-order valence-electron chi connectivity index (χ2n) is 5.94. The van der Waals surface area contributed by atoms with E-state index in [0.717, 1.165) is 19.3 Å². The van der Waals surface area contributed by atoms with Crippen molar-refractivity contribution in [1.29, 1.82) is 0 Å². The first-order valence-corrected chi connectivity index (χ1v) is 6.97. The van der Waals surface area contributed by atoms with Crippen LogP contribution < -0.4 is 0 Å². The fraction of sp³-hybridized carbons (Fsp3) is 0.667. The average molecular weight is 266 g/mol. The number of hydrogen-bond donors (Lipinski definition) is 2. The molecule has 0 spiro atoms. The lowest BCUT2D eigenvalue weighted by Crippen LogP contribution is -2.26. The van der Waals surface area contributed by atoms with Crippen LogP contribution in [-0.4, -0.2) is 16.2 Å². The standard InChI is InChI=1S/C15H22O4/c1-10(2)11-4-3-7-15(18,8-5-11)13-12(14(16)17)6-9-19-13/h6,9-11,18H,3-5,7-8H2,1-2H3,(H,16,17). The number of carbonyl (C=O) groups is 1. The van der Waals surface area contributed by atoms with Gasteiger partial charge in [0.1, 0.15) is 16.9 Å². The quantitative estimate of drug-likeness (QED) is 0.822. The first-order valence-electron chi connectivity index (χ1n) is 6.97. The number of aliphatic hydroxyl groups is 1. The van der Waals surface area contributed by atoms with Gasteiger partial charge in [0.25, 0.3) is 0 Å². The van der Waals surface area contributed by atoms with Gasteiger partial charge in [-0.2, -0.15) is 0 Å². The maximum absolute atomic E-state index is 11.2. The van der Waals surface area contributed by atoms with E-state index >= 15 is 0 Å². The van der Waals surface area contributed by atoms with Crippen molar-refractivity contribution in [2.24, 2.45) is 11.8 Å². The average Bonchev–Trinajstić information content (AvgIpc) is 2.75. The zero-order valence-corrected chi connectivity index (χ0v) is 11.6. The Morgan fingerprint density at radius 3 is 2.79 bits per heavy atom. The Labute approximate surface area is 113 Å². The van der Waals surface area contributed by atoms with E-state index in [9.17, 15) is 9.90 Å². The van der Waals surface area contributed by atoms with E-state index < -0.39 is 11.6 Å². The van der Waals surface area contributed by atoms with E-state index in [1.54, 1.807) is 0 Å². The van der Waals surface area contributed by atoms with Crippen molar-refractivity contribution in [2.45, 2.75) is 51.6 Å². The van der Waals surface area contributed by atoms with Gasteiger partial charge in [-0.3, -0.25) is 0 Å². The van der Waals surface area contributed by atoms with Gasteiger partial charge in [0.15, 0.2) is 0 Å². The minimum Gasteiger partial charge on any atom is -0.478 e. The predicted octanol–water partition coefficient (Wildman–Crippen LogP) is 3.40. The van der Waals surface area contributed by atoms with Crippen LogP contribution in [0.15, 0.2) is 16.7 Å². The Morgan fingerprint density at radius 1 is 1.42 bits per heavy atom. The molecule has 2 unspecified atom stereocenters. The van der Waals surface area contributed by atoms with Crippen molar-refractivity contribution in [3.8, 4) is 0 Å². The van der Waals surface area contributed by atoms with Crippen molar-refractivity contribution < 1.29 is 19.4 Å². The largest absolute Gasteiger partial charge is 0.478 e. The third-order valence-electron chi connectivity index (χ3n) is 4.36. The number of carboxylic acids is 1. The van der Waals surface area contributed by atoms with Crippen molar-refractivity contribution in [1.82, 2.24) is 0 Å². The molecule has 0 aromatic carbocycles. The summed E-state index contributed by atoms with van der Waals surface area (Å²) < 4.78 is 5.29. The second-order valence-corrected chi connectivity index (χ2v) is 5.94. The first-order chi connectivity index (χ1) is 8.94. The van der Waals surface area contributed by atoms with Crippen molar-refractivity contribution in [2.75, 3.05) is 0 Å². The van der Waals surface area contributed by atoms with Gasteiger partial charge in [0.2, 0.25) is 0 Å². The molecule has 1 aromatic heterocycles. The van der Waals surface area contributed by atoms with Crippen molar-refractivity contribution in [3.63, 3.8) is 0 Å². The molecular formula is C15H22O4. The van der Waals surface area contributed by atoms with Crippen LogP contribution in [0.2, 0.25) is 0 Å². The molecule has 106 valence electrons. The minimum absolute atomic E-state index is 0.0884. The molecule has 2 N–H and O–H groups in total. The van der Waals surface area contributed by atoms with Crippen LogP contribution in [0.25, 0.3) is 0 Å². The van der Waals surface area contributed by atoms with Crippen LogP contribution in [0.4, 0.5) is 0 Å². The highest BCUT2D eigenvalue weighted by atomic mass is 16.4. The summed E-state index contributed by atoms with van der Waals surface area (Å²) in [6.45, 7) is 4.40. The zero-order valence-electron chi connectivity index (χ0n) is 11.6. The van der Waals surface area contributed by atoms with Gasteiger partial charge in [0, 0.05) is 0 Å². The molecular weight excluding hydrogens is 244 g/mol. The molecule has 4 nitrogen and oxygen atoms in total. The van der Waals surface area contributed by atoms with E-state index in [0.29, 0.717) is 24.7 Å². The van der Waals surface area contributed by atoms with Gasteiger partial charge >= 0.3 is 5.97 Å². The zero-order chi connectivity index (χ0) is 14.0. The Kier molecular flexibility index (Phi) is 3.99. The Balaban J connectivity index is 2.23. The Bertz CT molecular complexity index is 449. The van der Waals surface area contributed by atoms with Crippen LogP contribution in [0, 0.1) is 11.8 Å². The van der Waals surface area contributed by atoms with Gasteiger partial charge in [-0.25, -0.2) is 4.79 Å². The summed E-state index contributed by atoms with van der Waals surface area (Å²) in [5, 5.41) is 19.9. The maximum atomic E-state index is 11.2. The molecule has 0 amide bonds. The van der Waals surface area contributed by atoms with E-state index in [1.807, 2.05) is 0 Å². The molecule has 0 radical (unpaired) electrons. The third kappa shape index (κ3) is 2.84. The molecule has 2 atom stereocenters. The highest BCUT2D eigenvalue weighted by Gasteiger charge is 2.38. The molecule has 4 heteroatoms. The van der Waals surface area contributed by atoms with Crippen molar-refractivity contribution >= 4 is 5.97 Å². The Morgan fingerprint density at radius 2 is 2.16 bits per heavy atom. The SMILES string of the molecule is CC(C)C1CCCC(O)(c2occc2C(=O)O)CC1. The molecule has 0 aliphatic heterocycles. The fourth-order valence-corrected chi connectivity index (χ4v) is 3.08. The number of hydrogen-bond acceptors (Lipinski definition) is 3. The van der Waals surface area contributed by atoms with Crippen LogP contribution in [0.5, 0.6) is 0 Å². The molecule has 1 heterocycles. The summed E-state index contributed by atoms with van der Waals surface area (Å²) in [7, 11) is 0. The number of carboxylic acid groups (broad SMARTS) is 1. The summed E-state index contributed by atoms with van der Waals surface area (Å²) in [6, 6.07) is 1.42. The highest BCUT2D eigenvalue weighted by molar-refractivity contribution is 5.89. The van der Waals surface area contributed by atoms with Crippen LogP contribution >= 0.6 is 0 Å². The van der Waals surface area contributed by atoms with Gasteiger partial charge in [-0.15, -0.1) is 0 Å².